The Morgan fingerprint density at radius 1 is 0.365 bits per heavy atom. The van der Waals surface area contributed by atoms with Crippen molar-refractivity contribution in [3.63, 3.8) is 0 Å². The van der Waals surface area contributed by atoms with Gasteiger partial charge in [0.1, 0.15) is 23.0 Å². The molecule has 4 nitrogen and oxygen atoms in total. The van der Waals surface area contributed by atoms with E-state index in [2.05, 4.69) is 277 Å². The third-order valence-electron chi connectivity index (χ3n) is 14.8. The Bertz CT molecular complexity index is 3990. The maximum Gasteiger partial charge on any atom is 0.143 e. The first-order valence-corrected chi connectivity index (χ1v) is 25.4. The number of hydrogen-bond donors (Lipinski definition) is 0. The number of ether oxygens (including phenoxy) is 1. The van der Waals surface area contributed by atoms with Gasteiger partial charge in [-0.25, -0.2) is 0 Å². The van der Waals surface area contributed by atoms with Crippen LogP contribution in [0.2, 0.25) is 0 Å². The van der Waals surface area contributed by atoms with Crippen LogP contribution in [0, 0.1) is 0 Å². The number of allylic oxidation sites excluding steroid dienone is 1. The summed E-state index contributed by atoms with van der Waals surface area (Å²) >= 11 is 0. The van der Waals surface area contributed by atoms with Crippen LogP contribution in [0.25, 0.3) is 77.2 Å². The Hall–Kier alpha value is -9.64. The van der Waals surface area contributed by atoms with Crippen molar-refractivity contribution >= 4 is 61.1 Å². The second-order valence-electron chi connectivity index (χ2n) is 19.2. The van der Waals surface area contributed by atoms with Crippen LogP contribution in [0.3, 0.4) is 0 Å². The van der Waals surface area contributed by atoms with Gasteiger partial charge in [-0.1, -0.05) is 200 Å². The van der Waals surface area contributed by atoms with Gasteiger partial charge in [-0.15, -0.1) is 0 Å². The molecular weight excluding hydrogens is 901 g/mol. The van der Waals surface area contributed by atoms with Gasteiger partial charge in [-0.2, -0.15) is 0 Å². The minimum Gasteiger partial charge on any atom is -0.485 e. The largest absolute Gasteiger partial charge is 0.485 e. The second-order valence-corrected chi connectivity index (χ2v) is 19.2. The summed E-state index contributed by atoms with van der Waals surface area (Å²) in [5.41, 5.74) is 18.6. The molecule has 14 rings (SSSR count). The van der Waals surface area contributed by atoms with Gasteiger partial charge in [0.2, 0.25) is 0 Å². The van der Waals surface area contributed by atoms with E-state index >= 15 is 0 Å². The van der Waals surface area contributed by atoms with E-state index in [1.54, 1.807) is 0 Å². The molecule has 2 heterocycles. The first kappa shape index (κ1) is 43.2. The van der Waals surface area contributed by atoms with Crippen molar-refractivity contribution in [2.24, 2.45) is 0 Å². The van der Waals surface area contributed by atoms with E-state index < -0.39 is 0 Å². The molecule has 1 aliphatic carbocycles. The molecule has 0 amide bonds. The second kappa shape index (κ2) is 18.2. The maximum absolute atomic E-state index is 7.30. The van der Waals surface area contributed by atoms with Crippen molar-refractivity contribution < 1.29 is 9.15 Å². The SMILES string of the molecule is C1=CC2c3cccc4cc(N(c5ccc(-c6ccccc6)cc5)c5ccc(-c6cccc7c6oc6ccccc67)cc5)cc(c34)OC2C=C1N(c1ccc(-c2ccccc2)cc1)c1ccc(-c2ccccc2)cc1. The Morgan fingerprint density at radius 2 is 0.851 bits per heavy atom. The van der Waals surface area contributed by atoms with E-state index in [1.165, 1.54) is 33.4 Å². The summed E-state index contributed by atoms with van der Waals surface area (Å²) in [6.45, 7) is 0. The molecule has 2 aliphatic rings. The molecule has 11 aromatic carbocycles. The first-order valence-electron chi connectivity index (χ1n) is 25.4. The molecule has 0 radical (unpaired) electrons. The van der Waals surface area contributed by atoms with Gasteiger partial charge < -0.3 is 19.0 Å². The van der Waals surface area contributed by atoms with Crippen LogP contribution >= 0.6 is 0 Å². The van der Waals surface area contributed by atoms with Crippen LogP contribution in [0.4, 0.5) is 28.4 Å². The molecule has 0 bridgehead atoms. The van der Waals surface area contributed by atoms with Crippen molar-refractivity contribution in [3.05, 3.63) is 290 Å². The summed E-state index contributed by atoms with van der Waals surface area (Å²) in [6, 6.07) is 93.2. The highest BCUT2D eigenvalue weighted by atomic mass is 16.5. The highest BCUT2D eigenvalue weighted by Crippen LogP contribution is 2.49. The highest BCUT2D eigenvalue weighted by molar-refractivity contribution is 6.09. The molecule has 74 heavy (non-hydrogen) atoms. The average Bonchev–Trinajstić information content (AvgIpc) is 3.86. The summed E-state index contributed by atoms with van der Waals surface area (Å²) in [5.74, 6) is 0.902. The Balaban J connectivity index is 0.854. The molecule has 0 spiro atoms. The van der Waals surface area contributed by atoms with Crippen molar-refractivity contribution in [2.45, 2.75) is 12.0 Å². The fraction of sp³-hybridized carbons (Fsp3) is 0.0286. The van der Waals surface area contributed by atoms with Crippen LogP contribution in [-0.4, -0.2) is 6.10 Å². The van der Waals surface area contributed by atoms with Gasteiger partial charge in [-0.3, -0.25) is 0 Å². The van der Waals surface area contributed by atoms with E-state index in [1.807, 2.05) is 12.1 Å². The molecule has 0 saturated carbocycles. The Morgan fingerprint density at radius 3 is 1.43 bits per heavy atom. The summed E-state index contributed by atoms with van der Waals surface area (Å²) in [6.07, 6.45) is 6.68. The predicted molar refractivity (Wildman–Crippen MR) is 307 cm³/mol. The number of furan rings is 1. The number of rotatable bonds is 10. The van der Waals surface area contributed by atoms with Gasteiger partial charge >= 0.3 is 0 Å². The minimum atomic E-state index is -0.253. The van der Waals surface area contributed by atoms with Crippen molar-refractivity contribution in [1.82, 2.24) is 0 Å². The zero-order chi connectivity index (χ0) is 49.0. The Labute approximate surface area is 430 Å². The zero-order valence-electron chi connectivity index (χ0n) is 40.4. The first-order chi connectivity index (χ1) is 36.7. The minimum absolute atomic E-state index is 0.0361. The zero-order valence-corrected chi connectivity index (χ0v) is 40.4. The monoisotopic (exact) mass is 948 g/mol. The molecule has 0 fully saturated rings. The number of nitrogens with zero attached hydrogens (tertiary/aromatic N) is 2. The summed E-state index contributed by atoms with van der Waals surface area (Å²) in [7, 11) is 0. The van der Waals surface area contributed by atoms with E-state index in [0.717, 1.165) is 89.3 Å². The molecule has 2 unspecified atom stereocenters. The number of fused-ring (bicyclic) bond motifs is 5. The molecule has 4 heteroatoms. The van der Waals surface area contributed by atoms with Gasteiger partial charge in [-0.05, 0) is 123 Å². The fourth-order valence-electron chi connectivity index (χ4n) is 11.2. The van der Waals surface area contributed by atoms with Crippen LogP contribution in [0.1, 0.15) is 11.5 Å². The fourth-order valence-corrected chi connectivity index (χ4v) is 11.2. The van der Waals surface area contributed by atoms with Gasteiger partial charge in [0.05, 0.1) is 5.69 Å². The van der Waals surface area contributed by atoms with Crippen LogP contribution < -0.4 is 14.5 Å². The highest BCUT2D eigenvalue weighted by Gasteiger charge is 2.34. The third kappa shape index (κ3) is 7.72. The number of benzene rings is 11. The van der Waals surface area contributed by atoms with E-state index in [-0.39, 0.29) is 12.0 Å². The lowest BCUT2D eigenvalue weighted by atomic mass is 9.83. The van der Waals surface area contributed by atoms with Crippen molar-refractivity contribution in [1.29, 1.82) is 0 Å². The van der Waals surface area contributed by atoms with Gasteiger partial charge in [0.15, 0.2) is 0 Å². The normalized spacial score (nSPS) is 14.6. The number of hydrogen-bond acceptors (Lipinski definition) is 4. The standard InChI is InChI=1S/C70H48N2O2/c1-4-14-47(15-5-1)50-26-34-55(35-27-50)71(56-36-28-51(29-37-56)48-16-6-2-7-17-48)59-42-43-63-64-23-12-20-54-44-60(46-68(69(54)64)73-67(63)45-59)72(57-38-30-52(31-39-57)49-18-8-3-9-19-49)58-40-32-53(33-41-58)61-22-13-24-65-62-21-10-11-25-66(62)74-70(61)65/h1-46,63,67H. The van der Waals surface area contributed by atoms with Crippen molar-refractivity contribution in [2.75, 3.05) is 9.80 Å². The molecule has 12 aromatic rings. The van der Waals surface area contributed by atoms with E-state index in [0.29, 0.717) is 0 Å². The molecule has 0 saturated heterocycles. The molecule has 2 atom stereocenters. The van der Waals surface area contributed by atoms with Gasteiger partial charge in [0, 0.05) is 62.2 Å². The van der Waals surface area contributed by atoms with Gasteiger partial charge in [0.25, 0.3) is 0 Å². The predicted octanol–water partition coefficient (Wildman–Crippen LogP) is 19.0. The quantitative estimate of drug-likeness (QED) is 0.137. The van der Waals surface area contributed by atoms with Crippen molar-refractivity contribution in [3.8, 4) is 50.3 Å². The summed E-state index contributed by atoms with van der Waals surface area (Å²) < 4.78 is 13.8. The summed E-state index contributed by atoms with van der Waals surface area (Å²) in [5, 5.41) is 4.53. The molecular formula is C70H48N2O2. The van der Waals surface area contributed by atoms with Crippen LogP contribution in [0.15, 0.2) is 289 Å². The molecule has 0 N–H and O–H groups in total. The van der Waals surface area contributed by atoms with E-state index in [9.17, 15) is 0 Å². The van der Waals surface area contributed by atoms with E-state index in [4.69, 9.17) is 9.15 Å². The number of anilines is 5. The smallest absolute Gasteiger partial charge is 0.143 e. The van der Waals surface area contributed by atoms with Crippen LogP contribution in [-0.2, 0) is 0 Å². The molecule has 1 aromatic heterocycles. The third-order valence-corrected chi connectivity index (χ3v) is 14.8. The average molecular weight is 949 g/mol. The molecule has 350 valence electrons. The number of para-hydroxylation sites is 2. The maximum atomic E-state index is 7.30. The summed E-state index contributed by atoms with van der Waals surface area (Å²) in [4.78, 5) is 4.70. The van der Waals surface area contributed by atoms with Crippen LogP contribution in [0.5, 0.6) is 5.75 Å². The lowest BCUT2D eigenvalue weighted by Gasteiger charge is -2.36. The molecule has 1 aliphatic heterocycles. The lowest BCUT2D eigenvalue weighted by Crippen LogP contribution is -2.30. The lowest BCUT2D eigenvalue weighted by molar-refractivity contribution is 0.226. The Kier molecular flexibility index (Phi) is 10.6. The topological polar surface area (TPSA) is 28.9 Å².